The van der Waals surface area contributed by atoms with E-state index in [-0.39, 0.29) is 13.2 Å². The molecule has 3 aromatic carbocycles. The van der Waals surface area contributed by atoms with E-state index in [2.05, 4.69) is 16.2 Å². The number of para-hydroxylation sites is 2. The van der Waals surface area contributed by atoms with E-state index in [0.29, 0.717) is 22.6 Å². The molecule has 4 rings (SSSR count). The van der Waals surface area contributed by atoms with Gasteiger partial charge in [0.15, 0.2) is 0 Å². The highest BCUT2D eigenvalue weighted by atomic mass is 16.5. The van der Waals surface area contributed by atoms with Crippen LogP contribution >= 0.6 is 0 Å². The molecular formula is C24H21N3O5. The van der Waals surface area contributed by atoms with Crippen LogP contribution in [0.25, 0.3) is 0 Å². The molecule has 0 aliphatic carbocycles. The molecule has 3 N–H and O–H groups in total. The number of amides is 3. The number of hydrogen-bond donors (Lipinski definition) is 3. The normalized spacial score (nSPS) is 11.9. The van der Waals surface area contributed by atoms with Crippen molar-refractivity contribution in [2.75, 3.05) is 6.54 Å². The molecule has 8 nitrogen and oxygen atoms in total. The number of hydrogen-bond acceptors (Lipinski definition) is 5. The average molecular weight is 431 g/mol. The Morgan fingerprint density at radius 1 is 0.781 bits per heavy atom. The van der Waals surface area contributed by atoms with Crippen molar-refractivity contribution in [2.45, 2.75) is 12.5 Å². The Morgan fingerprint density at radius 3 is 2.03 bits per heavy atom. The minimum atomic E-state index is -0.734. The topological polar surface area (TPSA) is 106 Å². The minimum absolute atomic E-state index is 0.0909. The molecule has 32 heavy (non-hydrogen) atoms. The van der Waals surface area contributed by atoms with Crippen LogP contribution in [0.15, 0.2) is 78.9 Å². The van der Waals surface area contributed by atoms with Crippen LogP contribution in [0.4, 0.5) is 4.79 Å². The van der Waals surface area contributed by atoms with Crippen LogP contribution in [0.3, 0.4) is 0 Å². The van der Waals surface area contributed by atoms with Crippen molar-refractivity contribution in [1.29, 1.82) is 0 Å². The molecule has 0 bridgehead atoms. The standard InChI is InChI=1S/C24H21N3O5/c28-21(14-25-24(30)31-15-16-8-2-1-3-9-16)26-27-23(29)22-17-10-4-6-12-19(17)32-20-13-7-5-11-18(20)22/h1-13,22H,14-15H2,(H,25,30)(H,26,28)(H,27,29). The second kappa shape index (κ2) is 9.65. The van der Waals surface area contributed by atoms with Gasteiger partial charge >= 0.3 is 6.09 Å². The zero-order valence-electron chi connectivity index (χ0n) is 17.0. The van der Waals surface area contributed by atoms with Crippen molar-refractivity contribution in [3.63, 3.8) is 0 Å². The number of rotatable bonds is 5. The Balaban J connectivity index is 1.30. The van der Waals surface area contributed by atoms with E-state index in [0.717, 1.165) is 5.56 Å². The van der Waals surface area contributed by atoms with Crippen molar-refractivity contribution in [2.24, 2.45) is 0 Å². The first-order valence-corrected chi connectivity index (χ1v) is 10.0. The number of fused-ring (bicyclic) bond motifs is 2. The summed E-state index contributed by atoms with van der Waals surface area (Å²) in [6, 6.07) is 23.7. The lowest BCUT2D eigenvalue weighted by Crippen LogP contribution is -2.48. The minimum Gasteiger partial charge on any atom is -0.457 e. The lowest BCUT2D eigenvalue weighted by Gasteiger charge is -2.27. The quantitative estimate of drug-likeness (QED) is 0.539. The SMILES string of the molecule is O=C(CNC(=O)OCc1ccccc1)NNC(=O)C1c2ccccc2Oc2ccccc21. The van der Waals surface area contributed by atoms with Crippen LogP contribution in [-0.2, 0) is 20.9 Å². The summed E-state index contributed by atoms with van der Waals surface area (Å²) >= 11 is 0. The van der Waals surface area contributed by atoms with Gasteiger partial charge in [-0.1, -0.05) is 66.7 Å². The maximum Gasteiger partial charge on any atom is 0.407 e. The Hall–Kier alpha value is -4.33. The smallest absolute Gasteiger partial charge is 0.407 e. The fourth-order valence-electron chi connectivity index (χ4n) is 3.37. The van der Waals surface area contributed by atoms with Crippen LogP contribution in [0.5, 0.6) is 11.5 Å². The molecule has 0 aromatic heterocycles. The zero-order valence-corrected chi connectivity index (χ0v) is 17.0. The van der Waals surface area contributed by atoms with Crippen LogP contribution < -0.4 is 20.9 Å². The number of hydrazine groups is 1. The van der Waals surface area contributed by atoms with E-state index in [4.69, 9.17) is 9.47 Å². The van der Waals surface area contributed by atoms with Crippen molar-refractivity contribution < 1.29 is 23.9 Å². The first kappa shape index (κ1) is 20.9. The summed E-state index contributed by atoms with van der Waals surface area (Å²) in [7, 11) is 0. The number of alkyl carbamates (subject to hydrolysis) is 1. The molecule has 1 aliphatic heterocycles. The largest absolute Gasteiger partial charge is 0.457 e. The molecule has 1 aliphatic rings. The highest BCUT2D eigenvalue weighted by molar-refractivity contribution is 5.91. The van der Waals surface area contributed by atoms with E-state index in [1.54, 1.807) is 12.1 Å². The molecule has 3 aromatic rings. The fourth-order valence-corrected chi connectivity index (χ4v) is 3.37. The average Bonchev–Trinajstić information content (AvgIpc) is 2.83. The van der Waals surface area contributed by atoms with Gasteiger partial charge in [0.05, 0.1) is 5.92 Å². The highest BCUT2D eigenvalue weighted by Crippen LogP contribution is 2.43. The molecule has 1 heterocycles. The molecule has 0 saturated heterocycles. The summed E-state index contributed by atoms with van der Waals surface area (Å²) in [4.78, 5) is 36.8. The predicted octanol–water partition coefficient (Wildman–Crippen LogP) is 3.00. The number of nitrogens with one attached hydrogen (secondary N) is 3. The number of benzene rings is 3. The van der Waals surface area contributed by atoms with E-state index in [1.165, 1.54) is 0 Å². The second-order valence-electron chi connectivity index (χ2n) is 7.06. The van der Waals surface area contributed by atoms with Crippen molar-refractivity contribution in [3.8, 4) is 11.5 Å². The molecule has 162 valence electrons. The third-order valence-corrected chi connectivity index (χ3v) is 4.87. The fraction of sp³-hybridized carbons (Fsp3) is 0.125. The Morgan fingerprint density at radius 2 is 1.38 bits per heavy atom. The Kier molecular flexibility index (Phi) is 6.31. The van der Waals surface area contributed by atoms with Gasteiger partial charge in [0.1, 0.15) is 24.7 Å². The molecule has 0 saturated carbocycles. The Bertz CT molecular complexity index is 1090. The monoisotopic (exact) mass is 431 g/mol. The number of carbonyl (C=O) groups excluding carboxylic acids is 3. The zero-order chi connectivity index (χ0) is 22.3. The van der Waals surface area contributed by atoms with Crippen LogP contribution in [-0.4, -0.2) is 24.5 Å². The lowest BCUT2D eigenvalue weighted by atomic mass is 9.87. The van der Waals surface area contributed by atoms with Gasteiger partial charge in [0.25, 0.3) is 11.8 Å². The Labute approximate surface area is 184 Å². The lowest BCUT2D eigenvalue weighted by molar-refractivity contribution is -0.128. The molecule has 0 spiro atoms. The summed E-state index contributed by atoms with van der Waals surface area (Å²) in [5.41, 5.74) is 6.97. The maximum absolute atomic E-state index is 12.9. The third kappa shape index (κ3) is 4.86. The van der Waals surface area contributed by atoms with Gasteiger partial charge in [-0.05, 0) is 17.7 Å². The van der Waals surface area contributed by atoms with Gasteiger partial charge in [0.2, 0.25) is 0 Å². The predicted molar refractivity (Wildman–Crippen MR) is 116 cm³/mol. The highest BCUT2D eigenvalue weighted by Gasteiger charge is 2.32. The van der Waals surface area contributed by atoms with E-state index in [1.807, 2.05) is 66.7 Å². The van der Waals surface area contributed by atoms with E-state index < -0.39 is 23.8 Å². The summed E-state index contributed by atoms with van der Waals surface area (Å²) in [5, 5.41) is 2.34. The van der Waals surface area contributed by atoms with Gasteiger partial charge in [-0.15, -0.1) is 0 Å². The number of ether oxygens (including phenoxy) is 2. The van der Waals surface area contributed by atoms with Crippen molar-refractivity contribution in [3.05, 3.63) is 95.6 Å². The number of carbonyl (C=O) groups is 3. The summed E-state index contributed by atoms with van der Waals surface area (Å²) in [6.45, 7) is -0.261. The van der Waals surface area contributed by atoms with Crippen molar-refractivity contribution >= 4 is 17.9 Å². The van der Waals surface area contributed by atoms with Gasteiger partial charge in [-0.25, -0.2) is 4.79 Å². The third-order valence-electron chi connectivity index (χ3n) is 4.87. The molecular weight excluding hydrogens is 410 g/mol. The van der Waals surface area contributed by atoms with Gasteiger partial charge in [-0.3, -0.25) is 20.4 Å². The molecule has 8 heteroatoms. The molecule has 0 unspecified atom stereocenters. The van der Waals surface area contributed by atoms with Gasteiger partial charge in [-0.2, -0.15) is 0 Å². The van der Waals surface area contributed by atoms with E-state index >= 15 is 0 Å². The van der Waals surface area contributed by atoms with Crippen LogP contribution in [0.1, 0.15) is 22.6 Å². The second-order valence-corrected chi connectivity index (χ2v) is 7.06. The van der Waals surface area contributed by atoms with Crippen molar-refractivity contribution in [1.82, 2.24) is 16.2 Å². The molecule has 0 atom stereocenters. The first-order chi connectivity index (χ1) is 15.6. The molecule has 0 radical (unpaired) electrons. The maximum atomic E-state index is 12.9. The van der Waals surface area contributed by atoms with E-state index in [9.17, 15) is 14.4 Å². The summed E-state index contributed by atoms with van der Waals surface area (Å²) < 4.78 is 10.9. The molecule has 0 fully saturated rings. The van der Waals surface area contributed by atoms with Crippen LogP contribution in [0, 0.1) is 0 Å². The van der Waals surface area contributed by atoms with Gasteiger partial charge in [0, 0.05) is 11.1 Å². The van der Waals surface area contributed by atoms with Crippen LogP contribution in [0.2, 0.25) is 0 Å². The molecule has 3 amide bonds. The first-order valence-electron chi connectivity index (χ1n) is 10.0. The summed E-state index contributed by atoms with van der Waals surface area (Å²) in [6.07, 6.45) is -0.734. The van der Waals surface area contributed by atoms with Gasteiger partial charge < -0.3 is 14.8 Å². The summed E-state index contributed by atoms with van der Waals surface area (Å²) in [5.74, 6) is -0.502.